The Morgan fingerprint density at radius 3 is 1.43 bits per heavy atom. The van der Waals surface area contributed by atoms with Crippen LogP contribution in [0.2, 0.25) is 0 Å². The van der Waals surface area contributed by atoms with Gasteiger partial charge in [-0.3, -0.25) is 0 Å². The van der Waals surface area contributed by atoms with E-state index in [2.05, 4.69) is 4.74 Å². The molecule has 0 radical (unpaired) electrons. The Balaban J connectivity index is 4.02. The lowest BCUT2D eigenvalue weighted by Crippen LogP contribution is -2.40. The van der Waals surface area contributed by atoms with E-state index in [1.165, 1.54) is 6.92 Å². The monoisotopic (exact) mass is 500 g/mol. The van der Waals surface area contributed by atoms with Crippen LogP contribution in [0, 0.1) is 23.3 Å². The van der Waals surface area contributed by atoms with Crippen molar-refractivity contribution in [3.63, 3.8) is 0 Å². The highest BCUT2D eigenvalue weighted by Gasteiger charge is 2.65. The molecule has 0 aliphatic rings. The second-order valence-electron chi connectivity index (χ2n) is 5.51. The summed E-state index contributed by atoms with van der Waals surface area (Å²) in [6.45, 7) is 0.933. The number of ether oxygens (including phenoxy) is 1. The van der Waals surface area contributed by atoms with Crippen molar-refractivity contribution in [2.45, 2.75) is 35.4 Å². The first kappa shape index (κ1) is 26.3. The van der Waals surface area contributed by atoms with Crippen molar-refractivity contribution in [2.24, 2.45) is 0 Å². The minimum absolute atomic E-state index is 0.0391. The van der Waals surface area contributed by atoms with E-state index in [4.69, 9.17) is 0 Å². The van der Waals surface area contributed by atoms with Crippen molar-refractivity contribution in [1.29, 1.82) is 0 Å². The van der Waals surface area contributed by atoms with Crippen molar-refractivity contribution < 1.29 is 65.5 Å². The Morgan fingerprint density at radius 1 is 0.767 bits per heavy atom. The summed E-state index contributed by atoms with van der Waals surface area (Å²) in [7, 11) is -15.2. The van der Waals surface area contributed by atoms with E-state index >= 15 is 0 Å². The lowest BCUT2D eigenvalue weighted by molar-refractivity contribution is -0.0473. The third kappa shape index (κ3) is 4.45. The summed E-state index contributed by atoms with van der Waals surface area (Å²) >= 11 is 0. The third-order valence-corrected chi connectivity index (χ3v) is 7.86. The summed E-state index contributed by atoms with van der Waals surface area (Å²) < 4.78 is 178. The van der Waals surface area contributed by atoms with Crippen LogP contribution in [0.1, 0.15) is 29.9 Å². The maximum Gasteiger partial charge on any atom is 0.499 e. The summed E-state index contributed by atoms with van der Waals surface area (Å²) in [6.07, 6.45) is 0.361. The lowest BCUT2D eigenvalue weighted by atomic mass is 10.2. The number of hydrogen-bond donors (Lipinski definition) is 0. The Labute approximate surface area is 162 Å². The predicted molar refractivity (Wildman–Crippen MR) is 79.4 cm³/mol. The Kier molecular flexibility index (Phi) is 7.35. The van der Waals surface area contributed by atoms with E-state index in [0.717, 1.165) is 0 Å². The molecule has 0 N–H and O–H groups in total. The van der Waals surface area contributed by atoms with Gasteiger partial charge in [0.2, 0.25) is 16.2 Å². The second kappa shape index (κ2) is 8.39. The standard InChI is InChI=1S/C13H10F10O5S2/c1-2-3-4-28-10-8(16)6(14)5(7(15)9(10)17)11(29(24,25)12(18,19)20)30(26,27)13(21,22)23/h11H,2-4H2,1H3. The van der Waals surface area contributed by atoms with Gasteiger partial charge in [-0.25, -0.2) is 25.6 Å². The molecule has 0 aliphatic heterocycles. The minimum Gasteiger partial charge on any atom is -0.487 e. The molecule has 0 saturated heterocycles. The Hall–Kier alpha value is -1.78. The van der Waals surface area contributed by atoms with Gasteiger partial charge >= 0.3 is 11.0 Å². The topological polar surface area (TPSA) is 77.5 Å². The van der Waals surface area contributed by atoms with Crippen LogP contribution in [-0.4, -0.2) is 34.5 Å². The van der Waals surface area contributed by atoms with E-state index in [-0.39, 0.29) is 6.42 Å². The molecule has 174 valence electrons. The van der Waals surface area contributed by atoms with Crippen LogP contribution >= 0.6 is 0 Å². The number of halogens is 10. The lowest BCUT2D eigenvalue weighted by Gasteiger charge is -2.23. The average molecular weight is 500 g/mol. The van der Waals surface area contributed by atoms with Crippen LogP contribution in [0.25, 0.3) is 0 Å². The highest BCUT2D eigenvalue weighted by molar-refractivity contribution is 8.09. The molecular formula is C13H10F10O5S2. The molecular weight excluding hydrogens is 490 g/mol. The number of rotatable bonds is 7. The predicted octanol–water partition coefficient (Wildman–Crippen LogP) is 4.29. The fourth-order valence-corrected chi connectivity index (χ4v) is 5.51. The van der Waals surface area contributed by atoms with E-state index in [9.17, 15) is 60.7 Å². The van der Waals surface area contributed by atoms with Gasteiger partial charge in [0.15, 0.2) is 17.4 Å². The molecule has 5 nitrogen and oxygen atoms in total. The van der Waals surface area contributed by atoms with E-state index in [0.29, 0.717) is 6.42 Å². The summed E-state index contributed by atoms with van der Waals surface area (Å²) in [5, 5.41) is 0. The molecule has 1 rings (SSSR count). The number of benzene rings is 1. The van der Waals surface area contributed by atoms with Gasteiger partial charge in [-0.15, -0.1) is 0 Å². The largest absolute Gasteiger partial charge is 0.499 e. The van der Waals surface area contributed by atoms with Gasteiger partial charge in [0.1, 0.15) is 0 Å². The molecule has 1 aromatic rings. The first-order valence-corrected chi connectivity index (χ1v) is 10.5. The quantitative estimate of drug-likeness (QED) is 0.317. The number of sulfone groups is 2. The molecule has 0 bridgehead atoms. The first-order chi connectivity index (χ1) is 13.3. The van der Waals surface area contributed by atoms with E-state index < -0.39 is 76.5 Å². The molecule has 0 amide bonds. The Morgan fingerprint density at radius 2 is 1.13 bits per heavy atom. The molecule has 0 aliphatic carbocycles. The van der Waals surface area contributed by atoms with Gasteiger partial charge in [-0.05, 0) is 6.42 Å². The normalized spacial score (nSPS) is 13.7. The fourth-order valence-electron chi connectivity index (χ4n) is 2.00. The molecule has 0 fully saturated rings. The molecule has 0 saturated carbocycles. The van der Waals surface area contributed by atoms with Crippen LogP contribution in [0.3, 0.4) is 0 Å². The van der Waals surface area contributed by atoms with Crippen molar-refractivity contribution in [3.8, 4) is 5.75 Å². The molecule has 30 heavy (non-hydrogen) atoms. The average Bonchev–Trinajstić information content (AvgIpc) is 2.57. The number of alkyl halides is 6. The molecule has 0 unspecified atom stereocenters. The molecule has 0 aromatic heterocycles. The highest BCUT2D eigenvalue weighted by atomic mass is 32.3. The van der Waals surface area contributed by atoms with Crippen LogP contribution < -0.4 is 4.74 Å². The fraction of sp³-hybridized carbons (Fsp3) is 0.538. The minimum atomic E-state index is -7.61. The SMILES string of the molecule is CCCCOc1c(F)c(F)c(C(S(=O)(=O)C(F)(F)F)S(=O)(=O)C(F)(F)F)c(F)c1F. The zero-order chi connectivity index (χ0) is 23.9. The maximum atomic E-state index is 14.2. The molecule has 0 spiro atoms. The van der Waals surface area contributed by atoms with Crippen molar-refractivity contribution in [2.75, 3.05) is 6.61 Å². The van der Waals surface area contributed by atoms with Crippen molar-refractivity contribution in [1.82, 2.24) is 0 Å². The summed E-state index contributed by atoms with van der Waals surface area (Å²) in [5.41, 5.74) is -16.8. The van der Waals surface area contributed by atoms with E-state index in [1.807, 2.05) is 0 Å². The maximum absolute atomic E-state index is 14.2. The van der Waals surface area contributed by atoms with Crippen molar-refractivity contribution >= 4 is 19.7 Å². The zero-order valence-corrected chi connectivity index (χ0v) is 16.0. The second-order valence-corrected chi connectivity index (χ2v) is 9.86. The van der Waals surface area contributed by atoms with Crippen LogP contribution in [-0.2, 0) is 19.7 Å². The number of unbranched alkanes of at least 4 members (excludes halogenated alkanes) is 1. The molecule has 0 atom stereocenters. The summed E-state index contributed by atoms with van der Waals surface area (Å²) in [6, 6.07) is 0. The van der Waals surface area contributed by atoms with Gasteiger partial charge in [0, 0.05) is 0 Å². The zero-order valence-electron chi connectivity index (χ0n) is 14.3. The van der Waals surface area contributed by atoms with Crippen LogP contribution in [0.5, 0.6) is 5.75 Å². The molecule has 1 aromatic carbocycles. The van der Waals surface area contributed by atoms with Crippen molar-refractivity contribution in [3.05, 3.63) is 28.8 Å². The van der Waals surface area contributed by atoms with E-state index in [1.54, 1.807) is 0 Å². The summed E-state index contributed by atoms with van der Waals surface area (Å²) in [4.78, 5) is 0. The van der Waals surface area contributed by atoms with Crippen LogP contribution in [0.15, 0.2) is 0 Å². The first-order valence-electron chi connectivity index (χ1n) is 7.42. The van der Waals surface area contributed by atoms with Gasteiger partial charge in [0.05, 0.1) is 12.2 Å². The van der Waals surface area contributed by atoms with Gasteiger partial charge < -0.3 is 4.74 Å². The molecule has 0 heterocycles. The smallest absolute Gasteiger partial charge is 0.487 e. The Bertz CT molecular complexity index is 939. The highest BCUT2D eigenvalue weighted by Crippen LogP contribution is 2.47. The van der Waals surface area contributed by atoms with Gasteiger partial charge in [-0.1, -0.05) is 13.3 Å². The number of hydrogen-bond acceptors (Lipinski definition) is 5. The van der Waals surface area contributed by atoms with Gasteiger partial charge in [0.25, 0.3) is 19.7 Å². The van der Waals surface area contributed by atoms with Gasteiger partial charge in [-0.2, -0.15) is 35.1 Å². The summed E-state index contributed by atoms with van der Waals surface area (Å²) in [5.74, 6) is -13.6. The third-order valence-electron chi connectivity index (χ3n) is 3.45. The van der Waals surface area contributed by atoms with Crippen LogP contribution in [0.4, 0.5) is 43.9 Å². The molecule has 17 heteroatoms.